The van der Waals surface area contributed by atoms with Gasteiger partial charge in [0.05, 0.1) is 16.7 Å². The van der Waals surface area contributed by atoms with Crippen molar-refractivity contribution in [2.45, 2.75) is 19.3 Å². The van der Waals surface area contributed by atoms with Gasteiger partial charge in [-0.25, -0.2) is 0 Å². The quantitative estimate of drug-likeness (QED) is 0.156. The van der Waals surface area contributed by atoms with E-state index in [0.29, 0.717) is 0 Å². The summed E-state index contributed by atoms with van der Waals surface area (Å²) in [5.41, 5.74) is 19.2. The Hall–Kier alpha value is -7.94. The molecule has 298 valence electrons. The van der Waals surface area contributed by atoms with Crippen LogP contribution < -0.4 is 4.90 Å². The molecule has 2 nitrogen and oxygen atoms in total. The largest absolute Gasteiger partial charge is 0.310 e. The summed E-state index contributed by atoms with van der Waals surface area (Å²) in [5.74, 6) is 0. The summed E-state index contributed by atoms with van der Waals surface area (Å²) in [4.78, 5) is 2.46. The minimum absolute atomic E-state index is 0.247. The van der Waals surface area contributed by atoms with E-state index in [-0.39, 0.29) is 5.41 Å². The van der Waals surface area contributed by atoms with Gasteiger partial charge in [-0.3, -0.25) is 0 Å². The molecular formula is C61H44N2. The average Bonchev–Trinajstić information content (AvgIpc) is 3.80. The molecule has 0 fully saturated rings. The maximum Gasteiger partial charge on any atom is 0.0541 e. The Kier molecular flexibility index (Phi) is 8.55. The molecule has 1 aromatic heterocycles. The highest BCUT2D eigenvalue weighted by molar-refractivity contribution is 6.09. The summed E-state index contributed by atoms with van der Waals surface area (Å²) in [6, 6.07) is 84.6. The van der Waals surface area contributed by atoms with E-state index in [1.165, 1.54) is 93.9 Å². The first-order valence-corrected chi connectivity index (χ1v) is 21.9. The van der Waals surface area contributed by atoms with Gasteiger partial charge in [-0.2, -0.15) is 0 Å². The van der Waals surface area contributed by atoms with Crippen LogP contribution in [0.3, 0.4) is 0 Å². The SMILES string of the molecule is CC1(C)c2cc(N(c3ccc(-c4cccc5ccccc45)cc3)c3ccccc3-c3cccc(-c4ccccc4)c3)ccc2-c2ccc(-n3c4ccccc4c4ccccc43)cc21. The van der Waals surface area contributed by atoms with Crippen molar-refractivity contribution in [1.29, 1.82) is 0 Å². The zero-order valence-corrected chi connectivity index (χ0v) is 35.3. The fourth-order valence-corrected chi connectivity index (χ4v) is 10.3. The summed E-state index contributed by atoms with van der Waals surface area (Å²) in [6.07, 6.45) is 0. The van der Waals surface area contributed by atoms with Gasteiger partial charge in [0, 0.05) is 38.8 Å². The number of rotatable bonds is 7. The van der Waals surface area contributed by atoms with E-state index in [1.54, 1.807) is 0 Å². The van der Waals surface area contributed by atoms with Gasteiger partial charge in [-0.15, -0.1) is 0 Å². The van der Waals surface area contributed by atoms with Gasteiger partial charge in [0.1, 0.15) is 0 Å². The zero-order valence-electron chi connectivity index (χ0n) is 35.3. The van der Waals surface area contributed by atoms with Gasteiger partial charge < -0.3 is 9.47 Å². The van der Waals surface area contributed by atoms with Crippen molar-refractivity contribution in [2.24, 2.45) is 0 Å². The van der Waals surface area contributed by atoms with Gasteiger partial charge in [-0.05, 0) is 122 Å². The van der Waals surface area contributed by atoms with Crippen molar-refractivity contribution in [2.75, 3.05) is 4.90 Å². The molecule has 0 spiro atoms. The molecule has 0 N–H and O–H groups in total. The monoisotopic (exact) mass is 804 g/mol. The van der Waals surface area contributed by atoms with Crippen LogP contribution in [-0.2, 0) is 5.41 Å². The molecule has 0 radical (unpaired) electrons. The number of benzene rings is 10. The lowest BCUT2D eigenvalue weighted by atomic mass is 9.82. The average molecular weight is 805 g/mol. The molecule has 1 heterocycles. The number of para-hydroxylation sites is 3. The van der Waals surface area contributed by atoms with Crippen LogP contribution in [-0.4, -0.2) is 4.57 Å². The van der Waals surface area contributed by atoms with Crippen molar-refractivity contribution in [3.05, 3.63) is 242 Å². The van der Waals surface area contributed by atoms with Gasteiger partial charge in [0.25, 0.3) is 0 Å². The number of anilines is 3. The number of hydrogen-bond donors (Lipinski definition) is 0. The van der Waals surface area contributed by atoms with Crippen LogP contribution in [0.1, 0.15) is 25.0 Å². The summed E-state index contributed by atoms with van der Waals surface area (Å²) in [6.45, 7) is 4.78. The maximum atomic E-state index is 2.46. The molecule has 0 saturated carbocycles. The fourth-order valence-electron chi connectivity index (χ4n) is 10.3. The molecule has 2 heteroatoms. The predicted molar refractivity (Wildman–Crippen MR) is 267 cm³/mol. The molecule has 1 aliphatic carbocycles. The molecule has 0 bridgehead atoms. The minimum Gasteiger partial charge on any atom is -0.310 e. The third-order valence-corrected chi connectivity index (χ3v) is 13.4. The van der Waals surface area contributed by atoms with Crippen LogP contribution >= 0.6 is 0 Å². The van der Waals surface area contributed by atoms with E-state index in [2.05, 4.69) is 254 Å². The minimum atomic E-state index is -0.247. The van der Waals surface area contributed by atoms with Gasteiger partial charge in [0.2, 0.25) is 0 Å². The number of fused-ring (bicyclic) bond motifs is 7. The Morgan fingerprint density at radius 3 is 1.68 bits per heavy atom. The number of nitrogens with zero attached hydrogens (tertiary/aromatic N) is 2. The zero-order chi connectivity index (χ0) is 42.1. The van der Waals surface area contributed by atoms with Gasteiger partial charge >= 0.3 is 0 Å². The second-order valence-electron chi connectivity index (χ2n) is 17.3. The normalized spacial score (nSPS) is 12.7. The molecule has 12 rings (SSSR count). The summed E-state index contributed by atoms with van der Waals surface area (Å²) >= 11 is 0. The van der Waals surface area contributed by atoms with E-state index < -0.39 is 0 Å². The molecule has 11 aromatic rings. The van der Waals surface area contributed by atoms with E-state index in [0.717, 1.165) is 17.1 Å². The molecule has 0 unspecified atom stereocenters. The molecule has 0 saturated heterocycles. The molecule has 0 amide bonds. The number of hydrogen-bond acceptors (Lipinski definition) is 1. The lowest BCUT2D eigenvalue weighted by molar-refractivity contribution is 0.660. The van der Waals surface area contributed by atoms with E-state index in [1.807, 2.05) is 0 Å². The fraction of sp³-hybridized carbons (Fsp3) is 0.0492. The smallest absolute Gasteiger partial charge is 0.0541 e. The van der Waals surface area contributed by atoms with Crippen LogP contribution in [0.2, 0.25) is 0 Å². The maximum absolute atomic E-state index is 2.46. The highest BCUT2D eigenvalue weighted by atomic mass is 15.1. The standard InChI is InChI=1S/C61H44N2/c1-61(2)56-39-47(34-36-52(56)53-37-35-48(40-57(53)61)63-59-28-12-9-24-54(59)55-25-10-13-29-60(55)63)62(46-32-30-43(31-33-46)50-26-15-19-42-18-6-7-22-49(42)50)58-27-11-8-23-51(58)45-21-14-20-44(38-45)41-16-4-3-5-17-41/h3-40H,1-2H3. The van der Waals surface area contributed by atoms with E-state index in [4.69, 9.17) is 0 Å². The second-order valence-corrected chi connectivity index (χ2v) is 17.3. The van der Waals surface area contributed by atoms with Crippen LogP contribution in [0.25, 0.3) is 82.8 Å². The van der Waals surface area contributed by atoms with Crippen molar-refractivity contribution in [1.82, 2.24) is 4.57 Å². The third-order valence-electron chi connectivity index (χ3n) is 13.4. The Morgan fingerprint density at radius 1 is 0.349 bits per heavy atom. The predicted octanol–water partition coefficient (Wildman–Crippen LogP) is 16.7. The van der Waals surface area contributed by atoms with Gasteiger partial charge in [-0.1, -0.05) is 184 Å². The van der Waals surface area contributed by atoms with Crippen LogP contribution in [0, 0.1) is 0 Å². The first-order chi connectivity index (χ1) is 31.0. The Labute approximate surface area is 368 Å². The van der Waals surface area contributed by atoms with Crippen LogP contribution in [0.4, 0.5) is 17.1 Å². The lowest BCUT2D eigenvalue weighted by Gasteiger charge is -2.30. The Balaban J connectivity index is 1.00. The summed E-state index contributed by atoms with van der Waals surface area (Å²) in [5, 5.41) is 5.06. The molecular weight excluding hydrogens is 761 g/mol. The molecule has 0 aliphatic heterocycles. The van der Waals surface area contributed by atoms with Crippen molar-refractivity contribution >= 4 is 49.6 Å². The number of aromatic nitrogens is 1. The Morgan fingerprint density at radius 2 is 0.905 bits per heavy atom. The first-order valence-electron chi connectivity index (χ1n) is 21.9. The van der Waals surface area contributed by atoms with Crippen molar-refractivity contribution in [3.8, 4) is 50.2 Å². The molecule has 1 aliphatic rings. The highest BCUT2D eigenvalue weighted by Gasteiger charge is 2.37. The third kappa shape index (κ3) is 6.02. The van der Waals surface area contributed by atoms with Crippen molar-refractivity contribution < 1.29 is 0 Å². The topological polar surface area (TPSA) is 8.17 Å². The molecule has 0 atom stereocenters. The lowest BCUT2D eigenvalue weighted by Crippen LogP contribution is -2.17. The van der Waals surface area contributed by atoms with Gasteiger partial charge in [0.15, 0.2) is 0 Å². The van der Waals surface area contributed by atoms with E-state index >= 15 is 0 Å². The first kappa shape index (κ1) is 36.9. The van der Waals surface area contributed by atoms with Crippen LogP contribution in [0.5, 0.6) is 0 Å². The molecule has 63 heavy (non-hydrogen) atoms. The molecule has 10 aromatic carbocycles. The second kappa shape index (κ2) is 14.6. The van der Waals surface area contributed by atoms with E-state index in [9.17, 15) is 0 Å². The van der Waals surface area contributed by atoms with Crippen molar-refractivity contribution in [3.63, 3.8) is 0 Å². The summed E-state index contributed by atoms with van der Waals surface area (Å²) < 4.78 is 2.43. The Bertz CT molecular complexity index is 3480. The van der Waals surface area contributed by atoms with Crippen LogP contribution in [0.15, 0.2) is 231 Å². The highest BCUT2D eigenvalue weighted by Crippen LogP contribution is 2.52. The summed E-state index contributed by atoms with van der Waals surface area (Å²) in [7, 11) is 0.